The molecule has 2 amide bonds. The van der Waals surface area contributed by atoms with Crippen LogP contribution in [-0.2, 0) is 20.8 Å². The summed E-state index contributed by atoms with van der Waals surface area (Å²) in [6.45, 7) is 3.53. The number of aromatic nitrogens is 1. The summed E-state index contributed by atoms with van der Waals surface area (Å²) in [5.74, 6) is -1.27. The van der Waals surface area contributed by atoms with Crippen LogP contribution in [0.25, 0.3) is 10.9 Å². The molecule has 10 nitrogen and oxygen atoms in total. The van der Waals surface area contributed by atoms with Gasteiger partial charge in [-0.1, -0.05) is 12.2 Å². The molecule has 1 aromatic heterocycles. The molecule has 2 aliphatic carbocycles. The highest BCUT2D eigenvalue weighted by Gasteiger charge is 2.61. The van der Waals surface area contributed by atoms with Crippen molar-refractivity contribution in [1.29, 1.82) is 0 Å². The van der Waals surface area contributed by atoms with Crippen LogP contribution in [-0.4, -0.2) is 71.2 Å². The molecule has 0 unspecified atom stereocenters. The highest BCUT2D eigenvalue weighted by molar-refractivity contribution is 5.94. The number of pyridine rings is 1. The Kier molecular flexibility index (Phi) is 7.25. The second-order valence-electron chi connectivity index (χ2n) is 11.6. The van der Waals surface area contributed by atoms with E-state index in [1.54, 1.807) is 18.0 Å². The third kappa shape index (κ3) is 5.08. The Morgan fingerprint density at radius 1 is 1.24 bits per heavy atom. The number of rotatable bonds is 5. The molecule has 1 aromatic carbocycles. The van der Waals surface area contributed by atoms with E-state index < -0.39 is 35.4 Å². The number of ether oxygens (including phenoxy) is 3. The van der Waals surface area contributed by atoms with E-state index in [4.69, 9.17) is 19.2 Å². The Morgan fingerprint density at radius 2 is 2.07 bits per heavy atom. The predicted octanol–water partition coefficient (Wildman–Crippen LogP) is 3.50. The molecule has 0 spiro atoms. The standard InChI is InChI=1S/C31H37N3O7/c1-3-39-26-16-25(20-9-10-24-21(11-13-40-24)27(20)32-26)41-19-14-22-23(15-19)29(36)34(2)12-7-5-4-6-8-18-17-31(18,30(37)38)33-28(22)35/h6,8-10,16,18-19,22-23H,3-5,7,11-15,17H2,1-2H3,(H,33,35)(H,37,38)/b8-6-/t18-,19-,22-,23-,31+/m1/s1. The molecule has 0 bridgehead atoms. The fourth-order valence-electron chi connectivity index (χ4n) is 6.61. The van der Waals surface area contributed by atoms with E-state index in [1.165, 1.54) is 0 Å². The van der Waals surface area contributed by atoms with Gasteiger partial charge in [0, 0.05) is 42.9 Å². The second kappa shape index (κ2) is 10.9. The molecule has 5 atom stereocenters. The maximum absolute atomic E-state index is 13.7. The molecule has 2 N–H and O–H groups in total. The molecule has 41 heavy (non-hydrogen) atoms. The van der Waals surface area contributed by atoms with Gasteiger partial charge in [-0.15, -0.1) is 0 Å². The van der Waals surface area contributed by atoms with Crippen molar-refractivity contribution in [3.05, 3.63) is 35.9 Å². The zero-order valence-electron chi connectivity index (χ0n) is 23.6. The number of allylic oxidation sites excluding steroid dienone is 1. The molecule has 4 aliphatic rings. The topological polar surface area (TPSA) is 127 Å². The van der Waals surface area contributed by atoms with E-state index in [9.17, 15) is 19.5 Å². The van der Waals surface area contributed by atoms with Crippen LogP contribution < -0.4 is 19.5 Å². The van der Waals surface area contributed by atoms with Crippen molar-refractivity contribution in [2.75, 3.05) is 26.8 Å². The lowest BCUT2D eigenvalue weighted by Gasteiger charge is -2.26. The molecule has 0 saturated heterocycles. The van der Waals surface area contributed by atoms with Gasteiger partial charge < -0.3 is 29.5 Å². The first kappa shape index (κ1) is 27.4. The summed E-state index contributed by atoms with van der Waals surface area (Å²) < 4.78 is 18.1. The Morgan fingerprint density at radius 3 is 2.88 bits per heavy atom. The molecule has 2 saturated carbocycles. The number of amides is 2. The first-order valence-electron chi connectivity index (χ1n) is 14.7. The molecule has 10 heteroatoms. The Labute approximate surface area is 239 Å². The maximum Gasteiger partial charge on any atom is 0.330 e. The number of aliphatic carboxylic acids is 1. The second-order valence-corrected chi connectivity index (χ2v) is 11.6. The fourth-order valence-corrected chi connectivity index (χ4v) is 6.61. The average molecular weight is 564 g/mol. The summed E-state index contributed by atoms with van der Waals surface area (Å²) in [6.07, 6.45) is 7.78. The number of carboxylic acid groups (broad SMARTS) is 1. The summed E-state index contributed by atoms with van der Waals surface area (Å²) >= 11 is 0. The van der Waals surface area contributed by atoms with Gasteiger partial charge in [-0.3, -0.25) is 9.59 Å². The Bertz CT molecular complexity index is 1410. The van der Waals surface area contributed by atoms with Crippen molar-refractivity contribution < 1.29 is 33.7 Å². The van der Waals surface area contributed by atoms with Gasteiger partial charge in [0.2, 0.25) is 17.7 Å². The summed E-state index contributed by atoms with van der Waals surface area (Å²) in [5, 5.41) is 13.7. The highest BCUT2D eigenvalue weighted by atomic mass is 16.5. The summed E-state index contributed by atoms with van der Waals surface area (Å²) in [6, 6.07) is 5.61. The van der Waals surface area contributed by atoms with Crippen molar-refractivity contribution in [1.82, 2.24) is 15.2 Å². The minimum atomic E-state index is -1.31. The smallest absolute Gasteiger partial charge is 0.330 e. The quantitative estimate of drug-likeness (QED) is 0.530. The number of hydrogen-bond donors (Lipinski definition) is 2. The zero-order valence-corrected chi connectivity index (χ0v) is 23.6. The lowest BCUT2D eigenvalue weighted by Crippen LogP contribution is -2.49. The van der Waals surface area contributed by atoms with Gasteiger partial charge in [-0.05, 0) is 57.6 Å². The van der Waals surface area contributed by atoms with Crippen LogP contribution in [0.1, 0.15) is 51.0 Å². The molecule has 3 heterocycles. The molecule has 2 fully saturated rings. The van der Waals surface area contributed by atoms with Crippen LogP contribution in [0.2, 0.25) is 0 Å². The maximum atomic E-state index is 13.7. The highest BCUT2D eigenvalue weighted by Crippen LogP contribution is 2.47. The molecule has 0 radical (unpaired) electrons. The summed E-state index contributed by atoms with van der Waals surface area (Å²) in [5.41, 5.74) is 0.464. The molecular formula is C31H37N3O7. The van der Waals surface area contributed by atoms with Crippen molar-refractivity contribution in [2.45, 2.75) is 63.5 Å². The van der Waals surface area contributed by atoms with Crippen LogP contribution in [0.5, 0.6) is 17.4 Å². The largest absolute Gasteiger partial charge is 0.493 e. The first-order chi connectivity index (χ1) is 19.8. The number of nitrogens with zero attached hydrogens (tertiary/aromatic N) is 2. The number of nitrogens with one attached hydrogen (secondary N) is 1. The lowest BCUT2D eigenvalue weighted by atomic mass is 9.93. The number of benzene rings is 1. The molecule has 218 valence electrons. The van der Waals surface area contributed by atoms with E-state index in [0.29, 0.717) is 50.7 Å². The fraction of sp³-hybridized carbons (Fsp3) is 0.548. The average Bonchev–Trinajstić information content (AvgIpc) is 3.26. The Hall–Kier alpha value is -3.82. The van der Waals surface area contributed by atoms with E-state index in [2.05, 4.69) is 5.32 Å². The van der Waals surface area contributed by atoms with E-state index in [-0.39, 0.29) is 11.8 Å². The van der Waals surface area contributed by atoms with E-state index in [0.717, 1.165) is 47.9 Å². The van der Waals surface area contributed by atoms with Crippen LogP contribution in [0.3, 0.4) is 0 Å². The van der Waals surface area contributed by atoms with Crippen LogP contribution >= 0.6 is 0 Å². The van der Waals surface area contributed by atoms with Crippen molar-refractivity contribution >= 4 is 28.7 Å². The van der Waals surface area contributed by atoms with Crippen LogP contribution in [0.4, 0.5) is 0 Å². The van der Waals surface area contributed by atoms with Gasteiger partial charge >= 0.3 is 5.97 Å². The van der Waals surface area contributed by atoms with Crippen LogP contribution in [0, 0.1) is 17.8 Å². The molecular weight excluding hydrogens is 526 g/mol. The van der Waals surface area contributed by atoms with Gasteiger partial charge in [0.05, 0.1) is 30.6 Å². The normalized spacial score (nSPS) is 30.3. The number of carbonyl (C=O) groups is 3. The predicted molar refractivity (Wildman–Crippen MR) is 150 cm³/mol. The summed E-state index contributed by atoms with van der Waals surface area (Å²) in [7, 11) is 1.77. The molecule has 2 aliphatic heterocycles. The molecule has 6 rings (SSSR count). The van der Waals surface area contributed by atoms with Gasteiger partial charge in [0.25, 0.3) is 0 Å². The molecule has 2 aromatic rings. The third-order valence-electron chi connectivity index (χ3n) is 8.95. The lowest BCUT2D eigenvalue weighted by molar-refractivity contribution is -0.145. The van der Waals surface area contributed by atoms with Gasteiger partial charge in [0.15, 0.2) is 0 Å². The van der Waals surface area contributed by atoms with Crippen molar-refractivity contribution in [2.24, 2.45) is 17.8 Å². The SMILES string of the molecule is CCOc1cc(O[C@@H]2C[C@H]3C(=O)N[C@@]4(C(=O)O)C[C@H]4/C=C\CCCCN(C)C(=O)[C@@H]3C2)c2ccc3c(c2n1)CCO3. The van der Waals surface area contributed by atoms with Crippen molar-refractivity contribution in [3.8, 4) is 17.4 Å². The number of carboxylic acids is 1. The zero-order chi connectivity index (χ0) is 28.7. The summed E-state index contributed by atoms with van der Waals surface area (Å²) in [4.78, 5) is 46.0. The number of carbonyl (C=O) groups excluding carboxylic acids is 2. The van der Waals surface area contributed by atoms with E-state index >= 15 is 0 Å². The van der Waals surface area contributed by atoms with Gasteiger partial charge in [-0.2, -0.15) is 0 Å². The first-order valence-corrected chi connectivity index (χ1v) is 14.7. The van der Waals surface area contributed by atoms with Gasteiger partial charge in [0.1, 0.15) is 23.1 Å². The minimum Gasteiger partial charge on any atom is -0.493 e. The monoisotopic (exact) mass is 563 g/mol. The van der Waals surface area contributed by atoms with Crippen LogP contribution in [0.15, 0.2) is 30.4 Å². The third-order valence-corrected chi connectivity index (χ3v) is 8.95. The number of fused-ring (bicyclic) bond motifs is 5. The number of hydrogen-bond acceptors (Lipinski definition) is 7. The van der Waals surface area contributed by atoms with Crippen molar-refractivity contribution in [3.63, 3.8) is 0 Å². The minimum absolute atomic E-state index is 0.106. The van der Waals surface area contributed by atoms with Gasteiger partial charge in [-0.25, -0.2) is 9.78 Å². The van der Waals surface area contributed by atoms with E-state index in [1.807, 2.05) is 31.2 Å². The Balaban J connectivity index is 1.31.